The Kier molecular flexibility index (Phi) is 5.96. The zero-order chi connectivity index (χ0) is 20.4. The van der Waals surface area contributed by atoms with E-state index in [0.717, 1.165) is 38.5 Å². The quantitative estimate of drug-likeness (QED) is 0.754. The number of H-pyrrole nitrogens is 1. The number of piperidine rings is 1. The molecule has 2 aliphatic heterocycles. The van der Waals surface area contributed by atoms with Crippen LogP contribution in [0.1, 0.15) is 61.9 Å². The van der Waals surface area contributed by atoms with Crippen LogP contribution in [0.3, 0.4) is 0 Å². The number of aromatic nitrogens is 1. The fourth-order valence-electron chi connectivity index (χ4n) is 4.65. The van der Waals surface area contributed by atoms with E-state index in [1.807, 2.05) is 0 Å². The molecule has 0 spiro atoms. The van der Waals surface area contributed by atoms with Crippen molar-refractivity contribution in [2.45, 2.75) is 62.3 Å². The molecule has 0 bridgehead atoms. The Hall–Kier alpha value is -1.87. The van der Waals surface area contributed by atoms with E-state index < -0.39 is 10.0 Å². The minimum Gasteiger partial charge on any atom is -0.356 e. The molecule has 9 heteroatoms. The van der Waals surface area contributed by atoms with E-state index in [4.69, 9.17) is 0 Å². The lowest BCUT2D eigenvalue weighted by Crippen LogP contribution is -2.47. The van der Waals surface area contributed by atoms with E-state index in [1.165, 1.54) is 16.6 Å². The van der Waals surface area contributed by atoms with Crippen molar-refractivity contribution in [1.82, 2.24) is 19.5 Å². The van der Waals surface area contributed by atoms with Crippen molar-refractivity contribution in [1.29, 1.82) is 0 Å². The van der Waals surface area contributed by atoms with Gasteiger partial charge in [0.15, 0.2) is 0 Å². The third-order valence-corrected chi connectivity index (χ3v) is 8.22. The highest BCUT2D eigenvalue weighted by atomic mass is 32.2. The third kappa shape index (κ3) is 4.35. The minimum absolute atomic E-state index is 0.0317. The first kappa shape index (κ1) is 20.4. The lowest BCUT2D eigenvalue weighted by Gasteiger charge is -2.31. The molecule has 160 valence electrons. The van der Waals surface area contributed by atoms with Crippen molar-refractivity contribution in [3.63, 3.8) is 0 Å². The molecule has 8 nitrogen and oxygen atoms in total. The van der Waals surface area contributed by atoms with Crippen LogP contribution in [0.25, 0.3) is 0 Å². The summed E-state index contributed by atoms with van der Waals surface area (Å²) in [7, 11) is -3.74. The Morgan fingerprint density at radius 1 is 1.00 bits per heavy atom. The van der Waals surface area contributed by atoms with Gasteiger partial charge in [-0.2, -0.15) is 4.31 Å². The van der Waals surface area contributed by atoms with Crippen LogP contribution in [0, 0.1) is 5.92 Å². The predicted molar refractivity (Wildman–Crippen MR) is 108 cm³/mol. The second-order valence-corrected chi connectivity index (χ2v) is 10.4. The Bertz CT molecular complexity index is 854. The van der Waals surface area contributed by atoms with E-state index in [9.17, 15) is 18.0 Å². The minimum atomic E-state index is -3.74. The summed E-state index contributed by atoms with van der Waals surface area (Å²) in [5.74, 6) is -0.504. The summed E-state index contributed by atoms with van der Waals surface area (Å²) in [6, 6.07) is 1.66. The van der Waals surface area contributed by atoms with Crippen molar-refractivity contribution in [2.75, 3.05) is 26.2 Å². The highest BCUT2D eigenvalue weighted by Gasteiger charge is 2.35. The molecule has 1 aromatic rings. The van der Waals surface area contributed by atoms with Crippen molar-refractivity contribution in [3.8, 4) is 0 Å². The lowest BCUT2D eigenvalue weighted by molar-refractivity contribution is -0.126. The first-order chi connectivity index (χ1) is 13.9. The number of nitrogens with one attached hydrogen (secondary N) is 2. The van der Waals surface area contributed by atoms with Crippen LogP contribution in [-0.4, -0.2) is 66.6 Å². The molecule has 1 aromatic heterocycles. The van der Waals surface area contributed by atoms with Crippen LogP contribution in [0.2, 0.25) is 0 Å². The molecule has 1 saturated carbocycles. The highest BCUT2D eigenvalue weighted by molar-refractivity contribution is 7.89. The molecule has 3 aliphatic rings. The maximum atomic E-state index is 13.1. The van der Waals surface area contributed by atoms with Crippen molar-refractivity contribution >= 4 is 21.8 Å². The number of hydrogen-bond donors (Lipinski definition) is 2. The zero-order valence-electron chi connectivity index (χ0n) is 16.7. The fraction of sp³-hybridized carbons (Fsp3) is 0.700. The van der Waals surface area contributed by atoms with Crippen LogP contribution >= 0.6 is 0 Å². The molecule has 2 amide bonds. The molecule has 1 atom stereocenters. The normalized spacial score (nSPS) is 24.1. The van der Waals surface area contributed by atoms with Crippen molar-refractivity contribution < 1.29 is 18.0 Å². The Balaban J connectivity index is 1.42. The second kappa shape index (κ2) is 8.47. The number of nitrogens with zero attached hydrogens (tertiary/aromatic N) is 2. The first-order valence-electron chi connectivity index (χ1n) is 10.7. The monoisotopic (exact) mass is 422 g/mol. The van der Waals surface area contributed by atoms with Crippen LogP contribution in [-0.2, 0) is 14.8 Å². The van der Waals surface area contributed by atoms with Crippen LogP contribution in [0.5, 0.6) is 0 Å². The number of likely N-dealkylation sites (tertiary alicyclic amines) is 1. The summed E-state index contributed by atoms with van der Waals surface area (Å²) in [4.78, 5) is 29.8. The summed E-state index contributed by atoms with van der Waals surface area (Å²) >= 11 is 0. The van der Waals surface area contributed by atoms with Gasteiger partial charge in [0.05, 0.1) is 5.92 Å². The molecular formula is C20H30N4O4S. The number of sulfonamides is 1. The summed E-state index contributed by atoms with van der Waals surface area (Å²) in [6.45, 7) is 2.02. The van der Waals surface area contributed by atoms with Gasteiger partial charge in [-0.25, -0.2) is 8.42 Å². The number of aromatic amines is 1. The highest BCUT2D eigenvalue weighted by Crippen LogP contribution is 2.26. The van der Waals surface area contributed by atoms with Crippen molar-refractivity contribution in [2.24, 2.45) is 5.92 Å². The first-order valence-corrected chi connectivity index (χ1v) is 12.2. The molecule has 3 fully saturated rings. The van der Waals surface area contributed by atoms with Gasteiger partial charge in [-0.05, 0) is 44.6 Å². The topological polar surface area (TPSA) is 103 Å². The van der Waals surface area contributed by atoms with Gasteiger partial charge in [0.1, 0.15) is 10.6 Å². The van der Waals surface area contributed by atoms with Gasteiger partial charge in [0.25, 0.3) is 5.91 Å². The van der Waals surface area contributed by atoms with Gasteiger partial charge < -0.3 is 15.2 Å². The maximum absolute atomic E-state index is 13.1. The molecule has 0 radical (unpaired) electrons. The molecule has 1 aliphatic carbocycles. The van der Waals surface area contributed by atoms with E-state index in [1.54, 1.807) is 4.90 Å². The molecule has 4 rings (SSSR count). The Morgan fingerprint density at radius 3 is 2.45 bits per heavy atom. The van der Waals surface area contributed by atoms with E-state index in [2.05, 4.69) is 10.3 Å². The number of carbonyl (C=O) groups excluding carboxylic acids is 2. The van der Waals surface area contributed by atoms with Gasteiger partial charge in [-0.3, -0.25) is 9.59 Å². The summed E-state index contributed by atoms with van der Waals surface area (Å²) in [5, 5.41) is 3.09. The smallest absolute Gasteiger partial charge is 0.270 e. The molecule has 3 heterocycles. The molecule has 2 N–H and O–H groups in total. The van der Waals surface area contributed by atoms with Crippen molar-refractivity contribution in [3.05, 3.63) is 18.0 Å². The standard InChI is InChI=1S/C20H30N4O4S/c25-19(22-16-7-1-2-8-16)15-6-5-11-24(14-15)29(27,28)17-12-18(21-13-17)20(26)23-9-3-4-10-23/h12-13,15-16,21H,1-11,14H2,(H,22,25). The van der Waals surface area contributed by atoms with Gasteiger partial charge in [-0.15, -0.1) is 0 Å². The third-order valence-electron chi connectivity index (χ3n) is 6.37. The van der Waals surface area contributed by atoms with Crippen LogP contribution < -0.4 is 5.32 Å². The van der Waals surface area contributed by atoms with Gasteiger partial charge in [0, 0.05) is 38.4 Å². The number of amides is 2. The van der Waals surface area contributed by atoms with Gasteiger partial charge in [0.2, 0.25) is 15.9 Å². The van der Waals surface area contributed by atoms with E-state index in [0.29, 0.717) is 38.2 Å². The molecule has 1 unspecified atom stereocenters. The largest absolute Gasteiger partial charge is 0.356 e. The average molecular weight is 423 g/mol. The summed E-state index contributed by atoms with van der Waals surface area (Å²) < 4.78 is 27.6. The van der Waals surface area contributed by atoms with E-state index in [-0.39, 0.29) is 35.2 Å². The Morgan fingerprint density at radius 2 is 1.72 bits per heavy atom. The van der Waals surface area contributed by atoms with E-state index >= 15 is 0 Å². The average Bonchev–Trinajstić information content (AvgIpc) is 3.50. The fourth-order valence-corrected chi connectivity index (χ4v) is 6.17. The SMILES string of the molecule is O=C(NC1CCCC1)C1CCCN(S(=O)(=O)c2c[nH]c(C(=O)N3CCCC3)c2)C1. The lowest BCUT2D eigenvalue weighted by atomic mass is 9.98. The molecule has 2 saturated heterocycles. The number of carbonyl (C=O) groups is 2. The van der Waals surface area contributed by atoms with Gasteiger partial charge >= 0.3 is 0 Å². The molecule has 29 heavy (non-hydrogen) atoms. The van der Waals surface area contributed by atoms with Crippen LogP contribution in [0.4, 0.5) is 0 Å². The maximum Gasteiger partial charge on any atom is 0.270 e. The predicted octanol–water partition coefficient (Wildman–Crippen LogP) is 1.71. The summed E-state index contributed by atoms with van der Waals surface area (Å²) in [6.07, 6.45) is 9.02. The van der Waals surface area contributed by atoms with Crippen LogP contribution in [0.15, 0.2) is 17.2 Å². The Labute approximate surface area is 172 Å². The second-order valence-electron chi connectivity index (χ2n) is 8.44. The summed E-state index contributed by atoms with van der Waals surface area (Å²) in [5.41, 5.74) is 0.304. The number of rotatable bonds is 5. The molecule has 0 aromatic carbocycles. The zero-order valence-corrected chi connectivity index (χ0v) is 17.5. The molecular weight excluding hydrogens is 392 g/mol. The number of hydrogen-bond acceptors (Lipinski definition) is 4. The van der Waals surface area contributed by atoms with Gasteiger partial charge in [-0.1, -0.05) is 12.8 Å².